The molecule has 146 valence electrons. The number of aromatic nitrogens is 2. The van der Waals surface area contributed by atoms with Gasteiger partial charge in [0.2, 0.25) is 5.89 Å². The van der Waals surface area contributed by atoms with Crippen molar-refractivity contribution in [1.82, 2.24) is 20.4 Å². The summed E-state index contributed by atoms with van der Waals surface area (Å²) in [4.78, 5) is 18.7. The first-order chi connectivity index (χ1) is 12.7. The molecule has 3 heterocycles. The minimum atomic E-state index is -0.189. The molecule has 1 aromatic rings. The Morgan fingerprint density at radius 2 is 2.08 bits per heavy atom. The zero-order valence-corrected chi connectivity index (χ0v) is 15.8. The van der Waals surface area contributed by atoms with Gasteiger partial charge in [0.15, 0.2) is 5.82 Å². The van der Waals surface area contributed by atoms with Gasteiger partial charge in [-0.3, -0.25) is 0 Å². The number of hydrogen-bond acceptors (Lipinski definition) is 6. The Morgan fingerprint density at radius 1 is 1.35 bits per heavy atom. The number of urea groups is 1. The van der Waals surface area contributed by atoms with E-state index in [4.69, 9.17) is 19.0 Å². The molecule has 2 fully saturated rings. The van der Waals surface area contributed by atoms with Gasteiger partial charge in [0.05, 0.1) is 0 Å². The molecule has 2 aliphatic heterocycles. The summed E-state index contributed by atoms with van der Waals surface area (Å²) in [5.74, 6) is 1.79. The molecule has 2 amide bonds. The molecular formula is C18H30N4O4. The van der Waals surface area contributed by atoms with E-state index in [9.17, 15) is 4.79 Å². The molecule has 8 heteroatoms. The van der Waals surface area contributed by atoms with Crippen molar-refractivity contribution in [2.45, 2.75) is 50.4 Å². The molecule has 0 bridgehead atoms. The van der Waals surface area contributed by atoms with Crippen molar-refractivity contribution in [3.8, 4) is 0 Å². The van der Waals surface area contributed by atoms with Crippen LogP contribution in [0.5, 0.6) is 0 Å². The minimum Gasteiger partial charge on any atom is -0.385 e. The average molecular weight is 366 g/mol. The summed E-state index contributed by atoms with van der Waals surface area (Å²) in [7, 11) is 1.71. The molecule has 0 saturated carbocycles. The van der Waals surface area contributed by atoms with Crippen LogP contribution in [0.2, 0.25) is 0 Å². The van der Waals surface area contributed by atoms with Gasteiger partial charge in [-0.25, -0.2) is 4.79 Å². The molecule has 1 aromatic heterocycles. The number of piperidine rings is 1. The SMILES string of the molecule is CCNC(=O)N1CCC(CCOC)(c2noc(C3CCOCC3)n2)CC1. The quantitative estimate of drug-likeness (QED) is 0.829. The van der Waals surface area contributed by atoms with Crippen LogP contribution in [-0.2, 0) is 14.9 Å². The highest BCUT2D eigenvalue weighted by atomic mass is 16.5. The van der Waals surface area contributed by atoms with E-state index < -0.39 is 0 Å². The van der Waals surface area contributed by atoms with Crippen LogP contribution in [0.4, 0.5) is 4.79 Å². The van der Waals surface area contributed by atoms with Crippen LogP contribution in [-0.4, -0.2) is 67.6 Å². The van der Waals surface area contributed by atoms with Gasteiger partial charge in [-0.05, 0) is 39.0 Å². The maximum Gasteiger partial charge on any atom is 0.317 e. The third kappa shape index (κ3) is 4.17. The zero-order chi connectivity index (χ0) is 18.4. The highest BCUT2D eigenvalue weighted by Crippen LogP contribution is 2.38. The van der Waals surface area contributed by atoms with Gasteiger partial charge in [0, 0.05) is 57.9 Å². The van der Waals surface area contributed by atoms with Crippen molar-refractivity contribution in [2.75, 3.05) is 46.6 Å². The molecule has 0 aromatic carbocycles. The maximum absolute atomic E-state index is 12.1. The summed E-state index contributed by atoms with van der Waals surface area (Å²) in [6.45, 7) is 6.10. The van der Waals surface area contributed by atoms with Crippen molar-refractivity contribution >= 4 is 6.03 Å². The van der Waals surface area contributed by atoms with Crippen molar-refractivity contribution in [3.05, 3.63) is 11.7 Å². The Labute approximate surface area is 154 Å². The first-order valence-corrected chi connectivity index (χ1v) is 9.62. The number of methoxy groups -OCH3 is 1. The van der Waals surface area contributed by atoms with E-state index >= 15 is 0 Å². The Balaban J connectivity index is 1.72. The number of nitrogens with one attached hydrogen (secondary N) is 1. The Hall–Kier alpha value is -1.67. The molecule has 2 saturated heterocycles. The third-order valence-electron chi connectivity index (χ3n) is 5.61. The smallest absolute Gasteiger partial charge is 0.317 e. The molecule has 8 nitrogen and oxygen atoms in total. The summed E-state index contributed by atoms with van der Waals surface area (Å²) in [6, 6.07) is 0.00356. The number of likely N-dealkylation sites (tertiary alicyclic amines) is 1. The van der Waals surface area contributed by atoms with Crippen molar-refractivity contribution in [3.63, 3.8) is 0 Å². The first-order valence-electron chi connectivity index (χ1n) is 9.62. The molecular weight excluding hydrogens is 336 g/mol. The molecule has 1 N–H and O–H groups in total. The number of amides is 2. The predicted molar refractivity (Wildman–Crippen MR) is 95.1 cm³/mol. The number of carbonyl (C=O) groups excluding carboxylic acids is 1. The highest BCUT2D eigenvalue weighted by Gasteiger charge is 2.41. The lowest BCUT2D eigenvalue weighted by Crippen LogP contribution is -2.49. The first kappa shape index (κ1) is 19.1. The summed E-state index contributed by atoms with van der Waals surface area (Å²) < 4.78 is 16.4. The summed E-state index contributed by atoms with van der Waals surface area (Å²) in [5, 5.41) is 7.22. The topological polar surface area (TPSA) is 89.7 Å². The van der Waals surface area contributed by atoms with Crippen molar-refractivity contribution in [2.24, 2.45) is 0 Å². The maximum atomic E-state index is 12.1. The molecule has 0 radical (unpaired) electrons. The molecule has 0 aliphatic carbocycles. The second kappa shape index (κ2) is 8.81. The van der Waals surface area contributed by atoms with Gasteiger partial charge in [-0.15, -0.1) is 0 Å². The van der Waals surface area contributed by atoms with Crippen LogP contribution in [0.1, 0.15) is 56.7 Å². The summed E-state index contributed by atoms with van der Waals surface area (Å²) >= 11 is 0. The molecule has 2 aliphatic rings. The van der Waals surface area contributed by atoms with Crippen molar-refractivity contribution < 1.29 is 18.8 Å². The largest absolute Gasteiger partial charge is 0.385 e. The van der Waals surface area contributed by atoms with E-state index in [0.29, 0.717) is 32.2 Å². The van der Waals surface area contributed by atoms with Gasteiger partial charge in [-0.1, -0.05) is 5.16 Å². The van der Waals surface area contributed by atoms with Crippen LogP contribution in [0, 0.1) is 0 Å². The number of ether oxygens (including phenoxy) is 2. The van der Waals surface area contributed by atoms with Crippen LogP contribution >= 0.6 is 0 Å². The van der Waals surface area contributed by atoms with Gasteiger partial charge in [0.1, 0.15) is 0 Å². The van der Waals surface area contributed by atoms with E-state index in [-0.39, 0.29) is 11.4 Å². The zero-order valence-electron chi connectivity index (χ0n) is 15.8. The molecule has 0 spiro atoms. The Morgan fingerprint density at radius 3 is 2.73 bits per heavy atom. The molecule has 0 unspecified atom stereocenters. The summed E-state index contributed by atoms with van der Waals surface area (Å²) in [6.07, 6.45) is 4.33. The second-order valence-electron chi connectivity index (χ2n) is 7.19. The van der Waals surface area contributed by atoms with Crippen LogP contribution in [0.3, 0.4) is 0 Å². The summed E-state index contributed by atoms with van der Waals surface area (Å²) in [5.41, 5.74) is -0.189. The lowest BCUT2D eigenvalue weighted by atomic mass is 9.75. The van der Waals surface area contributed by atoms with E-state index in [1.54, 1.807) is 7.11 Å². The lowest BCUT2D eigenvalue weighted by Gasteiger charge is -2.39. The highest BCUT2D eigenvalue weighted by molar-refractivity contribution is 5.74. The lowest BCUT2D eigenvalue weighted by molar-refractivity contribution is 0.0778. The van der Waals surface area contributed by atoms with Gasteiger partial charge in [-0.2, -0.15) is 4.98 Å². The fraction of sp³-hybridized carbons (Fsp3) is 0.833. The molecule has 3 rings (SSSR count). The standard InChI is InChI=1S/C18H30N4O4/c1-3-19-17(23)22-9-6-18(7-10-22,8-13-24-2)16-20-15(26-21-16)14-4-11-25-12-5-14/h14H,3-13H2,1-2H3,(H,19,23). The van der Waals surface area contributed by atoms with E-state index in [2.05, 4.69) is 10.5 Å². The van der Waals surface area contributed by atoms with Gasteiger partial charge >= 0.3 is 6.03 Å². The number of hydrogen-bond donors (Lipinski definition) is 1. The van der Waals surface area contributed by atoms with Gasteiger partial charge in [0.25, 0.3) is 0 Å². The third-order valence-corrected chi connectivity index (χ3v) is 5.61. The van der Waals surface area contributed by atoms with Crippen LogP contribution < -0.4 is 5.32 Å². The van der Waals surface area contributed by atoms with Crippen LogP contribution in [0.25, 0.3) is 0 Å². The number of rotatable bonds is 6. The van der Waals surface area contributed by atoms with Crippen LogP contribution in [0.15, 0.2) is 4.52 Å². The molecule has 0 atom stereocenters. The predicted octanol–water partition coefficient (Wildman–Crippen LogP) is 2.06. The number of nitrogens with zero attached hydrogens (tertiary/aromatic N) is 3. The second-order valence-corrected chi connectivity index (χ2v) is 7.19. The monoisotopic (exact) mass is 366 g/mol. The molecule has 26 heavy (non-hydrogen) atoms. The van der Waals surface area contributed by atoms with E-state index in [1.165, 1.54) is 0 Å². The Kier molecular flexibility index (Phi) is 6.48. The number of carbonyl (C=O) groups is 1. The van der Waals surface area contributed by atoms with Gasteiger partial charge < -0.3 is 24.2 Å². The van der Waals surface area contributed by atoms with E-state index in [1.807, 2.05) is 11.8 Å². The normalized spacial score (nSPS) is 20.9. The Bertz CT molecular complexity index is 578. The van der Waals surface area contributed by atoms with E-state index in [0.717, 1.165) is 57.0 Å². The van der Waals surface area contributed by atoms with Crippen molar-refractivity contribution in [1.29, 1.82) is 0 Å². The fourth-order valence-corrected chi connectivity index (χ4v) is 3.84. The fourth-order valence-electron chi connectivity index (χ4n) is 3.84. The minimum absolute atomic E-state index is 0.00356. The average Bonchev–Trinajstić information content (AvgIpc) is 3.18.